The highest BCUT2D eigenvalue weighted by atomic mass is 16.5. The van der Waals surface area contributed by atoms with Gasteiger partial charge in [0.1, 0.15) is 0 Å². The first-order valence-corrected chi connectivity index (χ1v) is 3.26. The highest BCUT2D eigenvalue weighted by molar-refractivity contribution is 6.48. The van der Waals surface area contributed by atoms with Crippen LogP contribution in [0.4, 0.5) is 0 Å². The van der Waals surface area contributed by atoms with E-state index < -0.39 is 7.12 Å². The molecule has 0 saturated heterocycles. The van der Waals surface area contributed by atoms with Crippen LogP contribution in [0.25, 0.3) is 0 Å². The van der Waals surface area contributed by atoms with Crippen LogP contribution in [0.5, 0.6) is 0 Å². The SMILES string of the molecule is OB1OC=C2C=CC=CC12. The molecule has 0 aromatic heterocycles. The minimum absolute atomic E-state index is 0.0602. The summed E-state index contributed by atoms with van der Waals surface area (Å²) in [6.07, 6.45) is 9.34. The maximum absolute atomic E-state index is 9.16. The van der Waals surface area contributed by atoms with Crippen molar-refractivity contribution >= 4 is 7.12 Å². The number of fused-ring (bicyclic) bond motifs is 1. The van der Waals surface area contributed by atoms with Gasteiger partial charge in [0.15, 0.2) is 0 Å². The Morgan fingerprint density at radius 2 is 2.40 bits per heavy atom. The molecule has 10 heavy (non-hydrogen) atoms. The Morgan fingerprint density at radius 1 is 1.50 bits per heavy atom. The molecule has 2 nitrogen and oxygen atoms in total. The van der Waals surface area contributed by atoms with E-state index in [2.05, 4.69) is 0 Å². The minimum Gasteiger partial charge on any atom is -0.541 e. The molecule has 1 heterocycles. The minimum atomic E-state index is -0.670. The quantitative estimate of drug-likeness (QED) is 0.498. The Morgan fingerprint density at radius 3 is 3.20 bits per heavy atom. The lowest BCUT2D eigenvalue weighted by Crippen LogP contribution is -2.17. The zero-order valence-corrected chi connectivity index (χ0v) is 5.40. The molecule has 0 aromatic rings. The highest BCUT2D eigenvalue weighted by Gasteiger charge is 2.33. The fraction of sp³-hybridized carbons (Fsp3) is 0.143. The molecule has 0 aromatic carbocycles. The molecule has 1 unspecified atom stereocenters. The van der Waals surface area contributed by atoms with E-state index >= 15 is 0 Å². The molecule has 2 aliphatic rings. The van der Waals surface area contributed by atoms with Crippen molar-refractivity contribution in [1.29, 1.82) is 0 Å². The molecular weight excluding hydrogens is 127 g/mol. The molecule has 0 amide bonds. The van der Waals surface area contributed by atoms with Crippen molar-refractivity contribution in [3.8, 4) is 0 Å². The first kappa shape index (κ1) is 5.80. The van der Waals surface area contributed by atoms with Gasteiger partial charge in [-0.25, -0.2) is 0 Å². The van der Waals surface area contributed by atoms with Gasteiger partial charge in [-0.2, -0.15) is 0 Å². The number of hydrogen-bond donors (Lipinski definition) is 1. The van der Waals surface area contributed by atoms with Gasteiger partial charge in [0.25, 0.3) is 0 Å². The fourth-order valence-electron chi connectivity index (χ4n) is 1.18. The Bertz CT molecular complexity index is 230. The number of hydrogen-bond acceptors (Lipinski definition) is 2. The third-order valence-electron chi connectivity index (χ3n) is 1.75. The van der Waals surface area contributed by atoms with Crippen LogP contribution < -0.4 is 0 Å². The highest BCUT2D eigenvalue weighted by Crippen LogP contribution is 2.31. The third kappa shape index (κ3) is 0.710. The van der Waals surface area contributed by atoms with Gasteiger partial charge < -0.3 is 9.68 Å². The predicted molar refractivity (Wildman–Crippen MR) is 39.2 cm³/mol. The summed E-state index contributed by atoms with van der Waals surface area (Å²) in [4.78, 5) is 0. The van der Waals surface area contributed by atoms with E-state index in [-0.39, 0.29) is 5.82 Å². The molecule has 0 saturated carbocycles. The van der Waals surface area contributed by atoms with E-state index in [1.165, 1.54) is 0 Å². The Hall–Kier alpha value is -0.955. The molecule has 1 aliphatic heterocycles. The topological polar surface area (TPSA) is 29.5 Å². The van der Waals surface area contributed by atoms with Crippen LogP contribution in [0, 0.1) is 0 Å². The Labute approximate surface area is 59.6 Å². The summed E-state index contributed by atoms with van der Waals surface area (Å²) in [5.74, 6) is 0.0602. The van der Waals surface area contributed by atoms with Crippen LogP contribution >= 0.6 is 0 Å². The average Bonchev–Trinajstić information content (AvgIpc) is 2.34. The summed E-state index contributed by atoms with van der Waals surface area (Å²) in [6.45, 7) is 0. The van der Waals surface area contributed by atoms with E-state index in [9.17, 15) is 0 Å². The van der Waals surface area contributed by atoms with Gasteiger partial charge in [0, 0.05) is 0 Å². The van der Waals surface area contributed by atoms with Crippen LogP contribution in [0.3, 0.4) is 0 Å². The second kappa shape index (κ2) is 2.02. The van der Waals surface area contributed by atoms with E-state index in [4.69, 9.17) is 9.68 Å². The zero-order valence-electron chi connectivity index (χ0n) is 5.40. The van der Waals surface area contributed by atoms with Crippen molar-refractivity contribution in [2.24, 2.45) is 0 Å². The molecule has 0 radical (unpaired) electrons. The van der Waals surface area contributed by atoms with Gasteiger partial charge in [-0.05, 0) is 5.57 Å². The molecule has 0 bridgehead atoms. The van der Waals surface area contributed by atoms with Gasteiger partial charge in [-0.3, -0.25) is 0 Å². The first-order valence-electron chi connectivity index (χ1n) is 3.26. The fourth-order valence-corrected chi connectivity index (χ4v) is 1.18. The van der Waals surface area contributed by atoms with Crippen LogP contribution in [0.15, 0.2) is 36.1 Å². The maximum Gasteiger partial charge on any atom is 0.534 e. The molecule has 1 aliphatic carbocycles. The smallest absolute Gasteiger partial charge is 0.534 e. The monoisotopic (exact) mass is 134 g/mol. The van der Waals surface area contributed by atoms with E-state index in [0.717, 1.165) is 5.57 Å². The number of rotatable bonds is 0. The first-order chi connectivity index (χ1) is 4.88. The molecular formula is C7H7BO2. The van der Waals surface area contributed by atoms with Crippen LogP contribution in [-0.4, -0.2) is 12.1 Å². The standard InChI is InChI=1S/C7H7BO2/c9-8-7-4-2-1-3-6(7)5-10-8/h1-5,7,9H. The van der Waals surface area contributed by atoms with Gasteiger partial charge in [-0.1, -0.05) is 24.3 Å². The zero-order chi connectivity index (χ0) is 6.97. The summed E-state index contributed by atoms with van der Waals surface area (Å²) in [7, 11) is -0.670. The predicted octanol–water partition coefficient (Wildman–Crippen LogP) is 0.877. The summed E-state index contributed by atoms with van der Waals surface area (Å²) < 4.78 is 4.89. The second-order valence-electron chi connectivity index (χ2n) is 2.41. The lowest BCUT2D eigenvalue weighted by molar-refractivity contribution is 0.382. The largest absolute Gasteiger partial charge is 0.541 e. The maximum atomic E-state index is 9.16. The average molecular weight is 134 g/mol. The molecule has 3 heteroatoms. The van der Waals surface area contributed by atoms with E-state index in [1.807, 2.05) is 24.3 Å². The Kier molecular flexibility index (Phi) is 1.17. The lowest BCUT2D eigenvalue weighted by atomic mass is 9.69. The van der Waals surface area contributed by atoms with Gasteiger partial charge in [0.2, 0.25) is 0 Å². The lowest BCUT2D eigenvalue weighted by Gasteiger charge is -2.07. The van der Waals surface area contributed by atoms with Crippen molar-refractivity contribution in [3.05, 3.63) is 36.1 Å². The van der Waals surface area contributed by atoms with Crippen LogP contribution in [0.1, 0.15) is 0 Å². The number of allylic oxidation sites excluding steroid dienone is 5. The summed E-state index contributed by atoms with van der Waals surface area (Å²) in [6, 6.07) is 0. The summed E-state index contributed by atoms with van der Waals surface area (Å²) >= 11 is 0. The van der Waals surface area contributed by atoms with Crippen molar-refractivity contribution in [2.45, 2.75) is 5.82 Å². The van der Waals surface area contributed by atoms with Crippen molar-refractivity contribution in [3.63, 3.8) is 0 Å². The molecule has 1 atom stereocenters. The second-order valence-corrected chi connectivity index (χ2v) is 2.41. The van der Waals surface area contributed by atoms with Gasteiger partial charge in [-0.15, -0.1) is 0 Å². The molecule has 0 spiro atoms. The normalized spacial score (nSPS) is 27.9. The molecule has 50 valence electrons. The molecule has 0 fully saturated rings. The van der Waals surface area contributed by atoms with Crippen LogP contribution in [-0.2, 0) is 4.65 Å². The molecule has 2 rings (SSSR count). The molecule has 1 N–H and O–H groups in total. The van der Waals surface area contributed by atoms with Gasteiger partial charge in [0.05, 0.1) is 12.1 Å². The van der Waals surface area contributed by atoms with Gasteiger partial charge >= 0.3 is 7.12 Å². The summed E-state index contributed by atoms with van der Waals surface area (Å²) in [5, 5.41) is 9.16. The van der Waals surface area contributed by atoms with Crippen molar-refractivity contribution < 1.29 is 9.68 Å². The van der Waals surface area contributed by atoms with Crippen molar-refractivity contribution in [2.75, 3.05) is 0 Å². The van der Waals surface area contributed by atoms with E-state index in [0.29, 0.717) is 0 Å². The Balaban J connectivity index is 2.30. The van der Waals surface area contributed by atoms with Crippen molar-refractivity contribution in [1.82, 2.24) is 0 Å². The third-order valence-corrected chi connectivity index (χ3v) is 1.75. The van der Waals surface area contributed by atoms with E-state index in [1.54, 1.807) is 6.26 Å². The summed E-state index contributed by atoms with van der Waals surface area (Å²) in [5.41, 5.74) is 1.05. The van der Waals surface area contributed by atoms with Crippen LogP contribution in [0.2, 0.25) is 5.82 Å².